The van der Waals surface area contributed by atoms with Crippen molar-refractivity contribution in [2.75, 3.05) is 32.9 Å². The van der Waals surface area contributed by atoms with Crippen LogP contribution in [0.4, 0.5) is 0 Å². The first-order valence-electron chi connectivity index (χ1n) is 7.51. The molecule has 1 rings (SSSR count). The third-order valence-corrected chi connectivity index (χ3v) is 3.24. The van der Waals surface area contributed by atoms with Gasteiger partial charge in [0.15, 0.2) is 5.90 Å². The number of rotatable bonds is 7. The third-order valence-electron chi connectivity index (χ3n) is 3.24. The minimum Gasteiger partial charge on any atom is -0.478 e. The molecular weight excluding hydrogens is 240 g/mol. The summed E-state index contributed by atoms with van der Waals surface area (Å²) in [6.45, 7) is 10.3. The molecule has 0 aromatic carbocycles. The number of hydrogen-bond donors (Lipinski definition) is 1. The van der Waals surface area contributed by atoms with Crippen LogP contribution >= 0.6 is 0 Å². The summed E-state index contributed by atoms with van der Waals surface area (Å²) >= 11 is 0. The predicted octanol–water partition coefficient (Wildman–Crippen LogP) is 2.90. The highest BCUT2D eigenvalue weighted by molar-refractivity contribution is 5.77. The summed E-state index contributed by atoms with van der Waals surface area (Å²) in [6.07, 6.45) is 4.02. The normalized spacial score (nSPS) is 17.5. The van der Waals surface area contributed by atoms with E-state index < -0.39 is 0 Å². The molecule has 0 aromatic rings. The van der Waals surface area contributed by atoms with E-state index in [0.717, 1.165) is 51.3 Å². The van der Waals surface area contributed by atoms with Crippen molar-refractivity contribution in [3.05, 3.63) is 11.3 Å². The molecule has 0 saturated heterocycles. The number of aliphatic imine (C=N–C) groups is 1. The summed E-state index contributed by atoms with van der Waals surface area (Å²) in [5, 5.41) is 3.42. The molecule has 0 fully saturated rings. The molecule has 19 heavy (non-hydrogen) atoms. The SMILES string of the molecule is CCOCCOC(CC)=NC1=C(CC)CCNCC1. The molecule has 1 aliphatic rings. The smallest absolute Gasteiger partial charge is 0.187 e. The van der Waals surface area contributed by atoms with Gasteiger partial charge < -0.3 is 14.8 Å². The number of ether oxygens (including phenoxy) is 2. The van der Waals surface area contributed by atoms with Crippen molar-refractivity contribution < 1.29 is 9.47 Å². The number of hydrogen-bond acceptors (Lipinski definition) is 4. The zero-order chi connectivity index (χ0) is 13.9. The lowest BCUT2D eigenvalue weighted by Gasteiger charge is -2.11. The molecule has 0 spiro atoms. The molecule has 1 N–H and O–H groups in total. The van der Waals surface area contributed by atoms with Gasteiger partial charge in [-0.3, -0.25) is 0 Å². The van der Waals surface area contributed by atoms with Gasteiger partial charge in [0, 0.05) is 31.7 Å². The first-order valence-corrected chi connectivity index (χ1v) is 7.51. The lowest BCUT2D eigenvalue weighted by Crippen LogP contribution is -2.14. The summed E-state index contributed by atoms with van der Waals surface area (Å²) in [7, 11) is 0. The van der Waals surface area contributed by atoms with Crippen LogP contribution in [-0.2, 0) is 9.47 Å². The largest absolute Gasteiger partial charge is 0.478 e. The molecule has 0 aliphatic carbocycles. The van der Waals surface area contributed by atoms with Crippen molar-refractivity contribution in [1.82, 2.24) is 5.32 Å². The molecule has 0 radical (unpaired) electrons. The molecule has 110 valence electrons. The fourth-order valence-corrected chi connectivity index (χ4v) is 2.13. The van der Waals surface area contributed by atoms with Crippen molar-refractivity contribution >= 4 is 5.90 Å². The van der Waals surface area contributed by atoms with Gasteiger partial charge in [-0.15, -0.1) is 0 Å². The van der Waals surface area contributed by atoms with E-state index in [4.69, 9.17) is 14.5 Å². The zero-order valence-corrected chi connectivity index (χ0v) is 12.6. The van der Waals surface area contributed by atoms with Crippen molar-refractivity contribution in [1.29, 1.82) is 0 Å². The van der Waals surface area contributed by atoms with E-state index >= 15 is 0 Å². The molecule has 0 unspecified atom stereocenters. The van der Waals surface area contributed by atoms with Crippen molar-refractivity contribution in [2.45, 2.75) is 46.5 Å². The van der Waals surface area contributed by atoms with E-state index in [-0.39, 0.29) is 0 Å². The van der Waals surface area contributed by atoms with E-state index in [1.807, 2.05) is 6.92 Å². The van der Waals surface area contributed by atoms with Crippen molar-refractivity contribution in [3.8, 4) is 0 Å². The van der Waals surface area contributed by atoms with Crippen molar-refractivity contribution in [3.63, 3.8) is 0 Å². The maximum absolute atomic E-state index is 5.70. The molecular formula is C15H28N2O2. The summed E-state index contributed by atoms with van der Waals surface area (Å²) < 4.78 is 11.0. The summed E-state index contributed by atoms with van der Waals surface area (Å²) in [5.41, 5.74) is 2.69. The summed E-state index contributed by atoms with van der Waals surface area (Å²) in [4.78, 5) is 4.74. The minimum absolute atomic E-state index is 0.591. The second-order valence-corrected chi connectivity index (χ2v) is 4.56. The van der Waals surface area contributed by atoms with Gasteiger partial charge in [0.1, 0.15) is 6.61 Å². The third kappa shape index (κ3) is 6.21. The lowest BCUT2D eigenvalue weighted by molar-refractivity contribution is 0.105. The van der Waals surface area contributed by atoms with Crippen LogP contribution in [0.1, 0.15) is 46.5 Å². The Bertz CT molecular complexity index is 311. The highest BCUT2D eigenvalue weighted by Gasteiger charge is 2.10. The van der Waals surface area contributed by atoms with E-state index in [0.29, 0.717) is 13.2 Å². The highest BCUT2D eigenvalue weighted by atomic mass is 16.5. The Hall–Kier alpha value is -0.870. The lowest BCUT2D eigenvalue weighted by atomic mass is 10.1. The summed E-state index contributed by atoms with van der Waals surface area (Å²) in [5.74, 6) is 0.836. The first kappa shape index (κ1) is 16.2. The minimum atomic E-state index is 0.591. The Labute approximate surface area is 117 Å². The van der Waals surface area contributed by atoms with Crippen LogP contribution in [0.2, 0.25) is 0 Å². The first-order chi connectivity index (χ1) is 9.31. The Morgan fingerprint density at radius 2 is 1.95 bits per heavy atom. The fraction of sp³-hybridized carbons (Fsp3) is 0.800. The quantitative estimate of drug-likeness (QED) is 0.438. The van der Waals surface area contributed by atoms with Crippen LogP contribution in [0.15, 0.2) is 16.3 Å². The molecule has 0 bridgehead atoms. The van der Waals surface area contributed by atoms with Gasteiger partial charge in [-0.05, 0) is 31.9 Å². The molecule has 4 nitrogen and oxygen atoms in total. The molecule has 4 heteroatoms. The topological polar surface area (TPSA) is 42.9 Å². The molecule has 0 atom stereocenters. The van der Waals surface area contributed by atoms with Gasteiger partial charge in [0.2, 0.25) is 0 Å². The van der Waals surface area contributed by atoms with E-state index in [2.05, 4.69) is 19.2 Å². The molecule has 0 amide bonds. The van der Waals surface area contributed by atoms with E-state index in [9.17, 15) is 0 Å². The Morgan fingerprint density at radius 3 is 2.63 bits per heavy atom. The monoisotopic (exact) mass is 268 g/mol. The average Bonchev–Trinajstić information content (AvgIpc) is 2.67. The van der Waals surface area contributed by atoms with E-state index in [1.165, 1.54) is 11.3 Å². The Kier molecular flexibility index (Phi) is 8.50. The Morgan fingerprint density at radius 1 is 1.16 bits per heavy atom. The fourth-order valence-electron chi connectivity index (χ4n) is 2.13. The molecule has 0 aromatic heterocycles. The second kappa shape index (κ2) is 9.98. The average molecular weight is 268 g/mol. The van der Waals surface area contributed by atoms with Crippen LogP contribution < -0.4 is 5.32 Å². The zero-order valence-electron chi connectivity index (χ0n) is 12.6. The molecule has 0 saturated carbocycles. The predicted molar refractivity (Wildman–Crippen MR) is 79.6 cm³/mol. The van der Waals surface area contributed by atoms with Crippen LogP contribution in [0, 0.1) is 0 Å². The summed E-state index contributed by atoms with van der Waals surface area (Å²) in [6, 6.07) is 0. The van der Waals surface area contributed by atoms with Crippen LogP contribution in [0.5, 0.6) is 0 Å². The van der Waals surface area contributed by atoms with E-state index in [1.54, 1.807) is 0 Å². The standard InChI is InChI=1S/C15H28N2O2/c1-4-13-7-9-16-10-8-14(13)17-15(5-2)19-12-11-18-6-3/h16H,4-12H2,1-3H3. The molecule has 1 aliphatic heterocycles. The van der Waals surface area contributed by atoms with Gasteiger partial charge in [0.25, 0.3) is 0 Å². The highest BCUT2D eigenvalue weighted by Crippen LogP contribution is 2.19. The second-order valence-electron chi connectivity index (χ2n) is 4.56. The van der Waals surface area contributed by atoms with Crippen LogP contribution in [0.25, 0.3) is 0 Å². The van der Waals surface area contributed by atoms with Gasteiger partial charge in [-0.25, -0.2) is 4.99 Å². The van der Waals surface area contributed by atoms with Crippen LogP contribution in [0.3, 0.4) is 0 Å². The maximum Gasteiger partial charge on any atom is 0.187 e. The van der Waals surface area contributed by atoms with Crippen molar-refractivity contribution in [2.24, 2.45) is 4.99 Å². The molecule has 1 heterocycles. The Balaban J connectivity index is 2.62. The van der Waals surface area contributed by atoms with Gasteiger partial charge >= 0.3 is 0 Å². The van der Waals surface area contributed by atoms with Crippen LogP contribution in [-0.4, -0.2) is 38.8 Å². The van der Waals surface area contributed by atoms with Gasteiger partial charge in [-0.1, -0.05) is 13.8 Å². The number of nitrogens with one attached hydrogen (secondary N) is 1. The maximum atomic E-state index is 5.70. The number of nitrogens with zero attached hydrogens (tertiary/aromatic N) is 1. The van der Waals surface area contributed by atoms with Gasteiger partial charge in [-0.2, -0.15) is 0 Å². The van der Waals surface area contributed by atoms with Gasteiger partial charge in [0.05, 0.1) is 6.61 Å².